The Hall–Kier alpha value is -0.100. The van der Waals surface area contributed by atoms with Crippen LogP contribution in [0.2, 0.25) is 0 Å². The first-order valence-corrected chi connectivity index (χ1v) is 8.58. The Balaban J connectivity index is 2.29. The molecule has 0 bridgehead atoms. The lowest BCUT2D eigenvalue weighted by atomic mass is 10.2. The van der Waals surface area contributed by atoms with Crippen LogP contribution in [0.15, 0.2) is 32.4 Å². The molecule has 0 unspecified atom stereocenters. The molecule has 1 aromatic heterocycles. The van der Waals surface area contributed by atoms with Crippen molar-refractivity contribution in [3.63, 3.8) is 0 Å². The average molecular weight is 438 g/mol. The number of allylic oxidation sites excluding steroid dienone is 1. The van der Waals surface area contributed by atoms with Crippen LogP contribution in [0.3, 0.4) is 0 Å². The topological polar surface area (TPSA) is 49.9 Å². The lowest BCUT2D eigenvalue weighted by Crippen LogP contribution is -2.39. The first kappa shape index (κ1) is 19.2. The van der Waals surface area contributed by atoms with E-state index in [4.69, 9.17) is 74.0 Å². The molecule has 10 heteroatoms. The van der Waals surface area contributed by atoms with E-state index in [1.54, 1.807) is 6.08 Å². The van der Waals surface area contributed by atoms with Gasteiger partial charge in [0.25, 0.3) is 0 Å². The Morgan fingerprint density at radius 2 is 1.74 bits per heavy atom. The number of amidine groups is 2. The van der Waals surface area contributed by atoms with Gasteiger partial charge in [0.05, 0.1) is 0 Å². The number of aliphatic imine (C=N–C) groups is 2. The van der Waals surface area contributed by atoms with Gasteiger partial charge in [-0.15, -0.1) is 0 Å². The van der Waals surface area contributed by atoms with Gasteiger partial charge in [-0.2, -0.15) is 0 Å². The van der Waals surface area contributed by atoms with Crippen molar-refractivity contribution in [1.29, 1.82) is 0 Å². The van der Waals surface area contributed by atoms with Crippen LogP contribution in [0, 0.1) is 13.8 Å². The molecule has 0 atom stereocenters. The number of nitrogens with one attached hydrogen (secondary N) is 1. The number of hydrogen-bond donors (Lipinski definition) is 1. The van der Waals surface area contributed by atoms with E-state index in [1.807, 2.05) is 19.9 Å². The molecule has 0 aliphatic carbocycles. The highest BCUT2D eigenvalue weighted by Crippen LogP contribution is 2.34. The van der Waals surface area contributed by atoms with Gasteiger partial charge in [-0.3, -0.25) is 0 Å². The van der Waals surface area contributed by atoms with Gasteiger partial charge in [-0.1, -0.05) is 69.6 Å². The Bertz CT molecular complexity index is 674. The van der Waals surface area contributed by atoms with Crippen molar-refractivity contribution in [2.45, 2.75) is 27.9 Å². The summed E-state index contributed by atoms with van der Waals surface area (Å²) in [5.74, 6) is 1.86. The minimum Gasteiger partial charge on any atom is -0.466 e. The van der Waals surface area contributed by atoms with Crippen molar-refractivity contribution in [3.05, 3.63) is 35.0 Å². The quantitative estimate of drug-likeness (QED) is 0.628. The minimum atomic E-state index is -1.85. The van der Waals surface area contributed by atoms with Crippen LogP contribution < -0.4 is 5.32 Å². The molecule has 23 heavy (non-hydrogen) atoms. The second-order valence-corrected chi connectivity index (χ2v) is 9.32. The molecule has 0 fully saturated rings. The van der Waals surface area contributed by atoms with E-state index < -0.39 is 7.59 Å². The summed E-state index contributed by atoms with van der Waals surface area (Å²) < 4.78 is 1.93. The summed E-state index contributed by atoms with van der Waals surface area (Å²) in [7, 11) is 0. The fraction of sp³-hybridized carbons (Fsp3) is 0.385. The fourth-order valence-corrected chi connectivity index (χ4v) is 2.25. The van der Waals surface area contributed by atoms with Gasteiger partial charge in [-0.05, 0) is 31.6 Å². The summed E-state index contributed by atoms with van der Waals surface area (Å²) >= 11 is 35.0. The maximum Gasteiger partial charge on any atom is 0.250 e. The van der Waals surface area contributed by atoms with E-state index in [0.717, 1.165) is 17.1 Å². The average Bonchev–Trinajstić information content (AvgIpc) is 2.73. The molecule has 0 radical (unpaired) electrons. The summed E-state index contributed by atoms with van der Waals surface area (Å²) in [5.41, 5.74) is 1.06. The van der Waals surface area contributed by atoms with E-state index in [9.17, 15) is 0 Å². The molecule has 0 aromatic carbocycles. The van der Waals surface area contributed by atoms with Gasteiger partial charge < -0.3 is 9.73 Å². The van der Waals surface area contributed by atoms with E-state index >= 15 is 0 Å². The highest BCUT2D eigenvalue weighted by molar-refractivity contribution is 6.79. The second-order valence-electron chi connectivity index (χ2n) is 4.76. The van der Waals surface area contributed by atoms with E-state index in [2.05, 4.69) is 15.3 Å². The lowest BCUT2D eigenvalue weighted by Gasteiger charge is -2.23. The highest BCUT2D eigenvalue weighted by atomic mass is 35.6. The number of halogens is 6. The van der Waals surface area contributed by atoms with Gasteiger partial charge >= 0.3 is 0 Å². The maximum atomic E-state index is 5.84. The molecule has 2 heterocycles. The lowest BCUT2D eigenvalue weighted by molar-refractivity contribution is 0.492. The van der Waals surface area contributed by atoms with Crippen molar-refractivity contribution in [2.75, 3.05) is 0 Å². The molecule has 0 spiro atoms. The molecular weight excluding hydrogens is 427 g/mol. The van der Waals surface area contributed by atoms with E-state index in [0.29, 0.717) is 12.2 Å². The third-order valence-electron chi connectivity index (χ3n) is 2.93. The van der Waals surface area contributed by atoms with Crippen LogP contribution in [-0.4, -0.2) is 19.3 Å². The molecule has 4 nitrogen and oxygen atoms in total. The smallest absolute Gasteiger partial charge is 0.250 e. The predicted molar refractivity (Wildman–Crippen MR) is 98.6 cm³/mol. The Kier molecular flexibility index (Phi) is 5.87. The Morgan fingerprint density at radius 1 is 1.09 bits per heavy atom. The second kappa shape index (κ2) is 7.03. The molecule has 0 amide bonds. The molecule has 1 N–H and O–H groups in total. The third-order valence-corrected chi connectivity index (χ3v) is 3.97. The van der Waals surface area contributed by atoms with Crippen molar-refractivity contribution in [2.24, 2.45) is 9.98 Å². The highest BCUT2D eigenvalue weighted by Gasteiger charge is 2.36. The molecule has 0 saturated heterocycles. The molecule has 1 aliphatic rings. The summed E-state index contributed by atoms with van der Waals surface area (Å²) in [4.78, 5) is 8.07. The number of hydrogen-bond acceptors (Lipinski definition) is 4. The van der Waals surface area contributed by atoms with Crippen LogP contribution in [0.5, 0.6) is 0 Å². The van der Waals surface area contributed by atoms with E-state index in [-0.39, 0.29) is 11.7 Å². The van der Waals surface area contributed by atoms with Gasteiger partial charge in [0.1, 0.15) is 17.3 Å². The standard InChI is InChI=1S/C13H11Cl6N3O/c1-6-5-8(23-7(6)2)3-4-9-20-10(12(14,15)16)22-11(21-9)13(17,18)19/h4-5H,3H2,1-2H3,(H,20,21,22). The van der Waals surface area contributed by atoms with Crippen molar-refractivity contribution < 1.29 is 4.42 Å². The van der Waals surface area contributed by atoms with Gasteiger partial charge in [-0.25, -0.2) is 9.98 Å². The van der Waals surface area contributed by atoms with Crippen LogP contribution in [0.4, 0.5) is 0 Å². The zero-order valence-corrected chi connectivity index (χ0v) is 16.5. The molecule has 1 aliphatic heterocycles. The predicted octanol–water partition coefficient (Wildman–Crippen LogP) is 5.42. The molecule has 0 saturated carbocycles. The molecule has 2 rings (SSSR count). The summed E-state index contributed by atoms with van der Waals surface area (Å²) in [6, 6.07) is 1.93. The first-order chi connectivity index (χ1) is 10.5. The zero-order valence-electron chi connectivity index (χ0n) is 11.9. The largest absolute Gasteiger partial charge is 0.466 e. The monoisotopic (exact) mass is 435 g/mol. The minimum absolute atomic E-state index is 0.00289. The number of alkyl halides is 6. The third kappa shape index (κ3) is 5.18. The number of rotatable bonds is 2. The van der Waals surface area contributed by atoms with Crippen molar-refractivity contribution in [3.8, 4) is 0 Å². The van der Waals surface area contributed by atoms with Crippen LogP contribution in [0.25, 0.3) is 0 Å². The summed E-state index contributed by atoms with van der Waals surface area (Å²) in [6.45, 7) is 3.85. The molecule has 1 aromatic rings. The number of furan rings is 1. The number of aryl methyl sites for hydroxylation is 2. The van der Waals surface area contributed by atoms with Crippen molar-refractivity contribution in [1.82, 2.24) is 5.32 Å². The summed E-state index contributed by atoms with van der Waals surface area (Å²) in [6.07, 6.45) is 2.18. The first-order valence-electron chi connectivity index (χ1n) is 6.31. The van der Waals surface area contributed by atoms with Gasteiger partial charge in [0.2, 0.25) is 7.59 Å². The Labute approximate surface area is 163 Å². The normalized spacial score (nSPS) is 17.8. The Morgan fingerprint density at radius 3 is 2.22 bits per heavy atom. The van der Waals surface area contributed by atoms with Crippen LogP contribution in [0.1, 0.15) is 17.1 Å². The SMILES string of the molecule is Cc1cc(C/C=C2/N=C(C(Cl)(Cl)Cl)N=C(C(Cl)(Cl)Cl)N2)oc1C. The van der Waals surface area contributed by atoms with Crippen molar-refractivity contribution >= 4 is 81.3 Å². The summed E-state index contributed by atoms with van der Waals surface area (Å²) in [5, 5.41) is 2.80. The van der Waals surface area contributed by atoms with Crippen LogP contribution >= 0.6 is 69.6 Å². The fourth-order valence-electron chi connectivity index (χ4n) is 1.73. The van der Waals surface area contributed by atoms with Gasteiger partial charge in [0.15, 0.2) is 11.7 Å². The van der Waals surface area contributed by atoms with Crippen LogP contribution in [-0.2, 0) is 6.42 Å². The number of nitrogens with zero attached hydrogens (tertiary/aromatic N) is 2. The zero-order chi connectivity index (χ0) is 17.4. The maximum absolute atomic E-state index is 5.84. The molecular formula is C13H11Cl6N3O. The molecule has 126 valence electrons. The van der Waals surface area contributed by atoms with E-state index in [1.165, 1.54) is 0 Å². The van der Waals surface area contributed by atoms with Gasteiger partial charge in [0, 0.05) is 6.42 Å².